The van der Waals surface area contributed by atoms with Crippen molar-refractivity contribution in [3.8, 4) is 0 Å². The van der Waals surface area contributed by atoms with Gasteiger partial charge in [0.15, 0.2) is 5.96 Å². The Morgan fingerprint density at radius 3 is 2.52 bits per heavy atom. The monoisotopic (exact) mass is 324 g/mol. The summed E-state index contributed by atoms with van der Waals surface area (Å²) in [6, 6.07) is 6.71. The molecule has 0 aromatic heterocycles. The predicted octanol–water partition coefficient (Wildman–Crippen LogP) is 2.02. The number of aliphatic imine (C=N–C) groups is 1. The summed E-state index contributed by atoms with van der Waals surface area (Å²) in [6.07, 6.45) is 0.927. The van der Waals surface area contributed by atoms with Gasteiger partial charge in [-0.15, -0.1) is 0 Å². The number of methoxy groups -OCH3 is 1. The summed E-state index contributed by atoms with van der Waals surface area (Å²) >= 11 is 0. The van der Waals surface area contributed by atoms with Crippen LogP contribution in [-0.2, 0) is 4.74 Å². The molecule has 6 heteroatoms. The molecule has 0 aliphatic rings. The van der Waals surface area contributed by atoms with Gasteiger partial charge in [-0.2, -0.15) is 0 Å². The molecule has 0 amide bonds. The van der Waals surface area contributed by atoms with Crippen LogP contribution in [0.25, 0.3) is 0 Å². The van der Waals surface area contributed by atoms with Crippen LogP contribution in [0.2, 0.25) is 0 Å². The summed E-state index contributed by atoms with van der Waals surface area (Å²) in [5, 5.41) is 6.52. The van der Waals surface area contributed by atoms with Gasteiger partial charge in [-0.1, -0.05) is 12.1 Å². The van der Waals surface area contributed by atoms with Crippen LogP contribution in [0.3, 0.4) is 0 Å². The molecule has 0 aliphatic heterocycles. The van der Waals surface area contributed by atoms with Crippen molar-refractivity contribution in [2.75, 3.05) is 47.4 Å². The molecule has 0 saturated heterocycles. The van der Waals surface area contributed by atoms with E-state index in [4.69, 9.17) is 4.74 Å². The Balaban J connectivity index is 2.69. The zero-order valence-corrected chi connectivity index (χ0v) is 14.6. The molecular formula is C17H29FN4O. The molecule has 0 bridgehead atoms. The first-order valence-electron chi connectivity index (χ1n) is 8.01. The number of guanidine groups is 1. The number of benzene rings is 1. The highest BCUT2D eigenvalue weighted by molar-refractivity contribution is 5.79. The standard InChI is InChI=1S/C17H29FN4O/c1-5-19-17(20-11-6-12-23-4)21-13-16(22(2)3)14-7-9-15(18)10-8-14/h7-10,16H,5-6,11-13H2,1-4H3,(H2,19,20,21). The summed E-state index contributed by atoms with van der Waals surface area (Å²) in [6.45, 7) is 4.97. The molecule has 2 N–H and O–H groups in total. The second-order valence-corrected chi connectivity index (χ2v) is 5.52. The van der Waals surface area contributed by atoms with Gasteiger partial charge in [0.2, 0.25) is 0 Å². The van der Waals surface area contributed by atoms with Crippen LogP contribution >= 0.6 is 0 Å². The molecule has 0 saturated carbocycles. The first-order valence-corrected chi connectivity index (χ1v) is 8.01. The molecule has 1 aromatic rings. The quantitative estimate of drug-likeness (QED) is 0.414. The van der Waals surface area contributed by atoms with Crippen molar-refractivity contribution in [1.82, 2.24) is 15.5 Å². The molecule has 0 spiro atoms. The normalized spacial score (nSPS) is 13.2. The highest BCUT2D eigenvalue weighted by Crippen LogP contribution is 2.18. The van der Waals surface area contributed by atoms with Crippen molar-refractivity contribution >= 4 is 5.96 Å². The van der Waals surface area contributed by atoms with E-state index in [9.17, 15) is 4.39 Å². The van der Waals surface area contributed by atoms with Gasteiger partial charge in [-0.25, -0.2) is 4.39 Å². The van der Waals surface area contributed by atoms with Crippen LogP contribution in [0.4, 0.5) is 4.39 Å². The van der Waals surface area contributed by atoms with Gasteiger partial charge >= 0.3 is 0 Å². The van der Waals surface area contributed by atoms with E-state index in [0.29, 0.717) is 6.54 Å². The minimum atomic E-state index is -0.220. The molecule has 5 nitrogen and oxygen atoms in total. The van der Waals surface area contributed by atoms with Crippen molar-refractivity contribution in [3.05, 3.63) is 35.6 Å². The molecule has 1 rings (SSSR count). The maximum Gasteiger partial charge on any atom is 0.191 e. The molecule has 1 atom stereocenters. The highest BCUT2D eigenvalue weighted by atomic mass is 19.1. The number of ether oxygens (including phenoxy) is 1. The summed E-state index contributed by atoms with van der Waals surface area (Å²) in [4.78, 5) is 6.74. The van der Waals surface area contributed by atoms with Crippen molar-refractivity contribution in [2.45, 2.75) is 19.4 Å². The highest BCUT2D eigenvalue weighted by Gasteiger charge is 2.14. The lowest BCUT2D eigenvalue weighted by Gasteiger charge is -2.23. The molecule has 23 heavy (non-hydrogen) atoms. The van der Waals surface area contributed by atoms with Crippen molar-refractivity contribution in [3.63, 3.8) is 0 Å². The van der Waals surface area contributed by atoms with Gasteiger partial charge in [-0.05, 0) is 45.1 Å². The number of halogens is 1. The van der Waals surface area contributed by atoms with E-state index in [0.717, 1.165) is 37.6 Å². The maximum atomic E-state index is 13.1. The molecule has 1 aromatic carbocycles. The number of rotatable bonds is 9. The largest absolute Gasteiger partial charge is 0.385 e. The van der Waals surface area contributed by atoms with E-state index in [2.05, 4.69) is 20.5 Å². The van der Waals surface area contributed by atoms with Crippen molar-refractivity contribution < 1.29 is 9.13 Å². The first-order chi connectivity index (χ1) is 11.1. The second kappa shape index (κ2) is 11.0. The summed E-state index contributed by atoms with van der Waals surface area (Å²) in [5.41, 5.74) is 1.05. The van der Waals surface area contributed by atoms with E-state index in [1.54, 1.807) is 7.11 Å². The summed E-state index contributed by atoms with van der Waals surface area (Å²) < 4.78 is 18.1. The minimum Gasteiger partial charge on any atom is -0.385 e. The van der Waals surface area contributed by atoms with Gasteiger partial charge in [-0.3, -0.25) is 4.99 Å². The predicted molar refractivity (Wildman–Crippen MR) is 93.3 cm³/mol. The fraction of sp³-hybridized carbons (Fsp3) is 0.588. The third kappa shape index (κ3) is 7.43. The lowest BCUT2D eigenvalue weighted by atomic mass is 10.1. The Morgan fingerprint density at radius 2 is 1.96 bits per heavy atom. The van der Waals surface area contributed by atoms with E-state index in [1.165, 1.54) is 12.1 Å². The van der Waals surface area contributed by atoms with Crippen LogP contribution in [0.1, 0.15) is 24.9 Å². The van der Waals surface area contributed by atoms with E-state index in [1.807, 2.05) is 33.2 Å². The van der Waals surface area contributed by atoms with Gasteiger partial charge in [0.05, 0.1) is 12.6 Å². The number of nitrogens with zero attached hydrogens (tertiary/aromatic N) is 2. The van der Waals surface area contributed by atoms with E-state index in [-0.39, 0.29) is 11.9 Å². The van der Waals surface area contributed by atoms with E-state index >= 15 is 0 Å². The lowest BCUT2D eigenvalue weighted by Crippen LogP contribution is -2.38. The number of nitrogens with one attached hydrogen (secondary N) is 2. The van der Waals surface area contributed by atoms with E-state index < -0.39 is 0 Å². The number of hydrogen-bond donors (Lipinski definition) is 2. The van der Waals surface area contributed by atoms with Crippen LogP contribution in [0.5, 0.6) is 0 Å². The molecule has 0 heterocycles. The van der Waals surface area contributed by atoms with Gasteiger partial charge in [0.25, 0.3) is 0 Å². The number of hydrogen-bond acceptors (Lipinski definition) is 3. The Kier molecular flexibility index (Phi) is 9.24. The molecule has 0 radical (unpaired) electrons. The third-order valence-corrected chi connectivity index (χ3v) is 3.46. The second-order valence-electron chi connectivity index (χ2n) is 5.52. The average molecular weight is 324 g/mol. The Morgan fingerprint density at radius 1 is 1.26 bits per heavy atom. The molecule has 130 valence electrons. The smallest absolute Gasteiger partial charge is 0.191 e. The fourth-order valence-corrected chi connectivity index (χ4v) is 2.19. The van der Waals surface area contributed by atoms with Crippen LogP contribution < -0.4 is 10.6 Å². The van der Waals surface area contributed by atoms with Gasteiger partial charge < -0.3 is 20.3 Å². The SMILES string of the molecule is CCNC(=NCC(c1ccc(F)cc1)N(C)C)NCCCOC. The molecule has 0 fully saturated rings. The Bertz CT molecular complexity index is 462. The van der Waals surface area contributed by atoms with Crippen LogP contribution in [-0.4, -0.2) is 58.3 Å². The lowest BCUT2D eigenvalue weighted by molar-refractivity contribution is 0.195. The third-order valence-electron chi connectivity index (χ3n) is 3.46. The molecular weight excluding hydrogens is 295 g/mol. The van der Waals surface area contributed by atoms with Crippen LogP contribution in [0.15, 0.2) is 29.3 Å². The van der Waals surface area contributed by atoms with Crippen molar-refractivity contribution in [2.24, 2.45) is 4.99 Å². The molecule has 0 aliphatic carbocycles. The summed E-state index contributed by atoms with van der Waals surface area (Å²) in [7, 11) is 5.70. The molecule has 1 unspecified atom stereocenters. The number of likely N-dealkylation sites (N-methyl/N-ethyl adjacent to an activating group) is 1. The fourth-order valence-electron chi connectivity index (χ4n) is 2.19. The topological polar surface area (TPSA) is 48.9 Å². The average Bonchev–Trinajstić information content (AvgIpc) is 2.53. The maximum absolute atomic E-state index is 13.1. The van der Waals surface area contributed by atoms with Crippen LogP contribution in [0, 0.1) is 5.82 Å². The van der Waals surface area contributed by atoms with Gasteiger partial charge in [0, 0.05) is 26.8 Å². The Labute approximate surface area is 138 Å². The van der Waals surface area contributed by atoms with Gasteiger partial charge in [0.1, 0.15) is 5.82 Å². The van der Waals surface area contributed by atoms with Crippen molar-refractivity contribution in [1.29, 1.82) is 0 Å². The Hall–Kier alpha value is -1.66. The first kappa shape index (κ1) is 19.4. The minimum absolute atomic E-state index is 0.102. The summed E-state index contributed by atoms with van der Waals surface area (Å²) in [5.74, 6) is 0.570. The zero-order valence-electron chi connectivity index (χ0n) is 14.6. The zero-order chi connectivity index (χ0) is 17.1.